The number of rotatable bonds is 6. The van der Waals surface area contributed by atoms with Gasteiger partial charge in [0.15, 0.2) is 5.82 Å². The molecule has 2 aromatic rings. The summed E-state index contributed by atoms with van der Waals surface area (Å²) in [6, 6.07) is 3.79. The summed E-state index contributed by atoms with van der Waals surface area (Å²) in [5, 5.41) is 7.11. The number of aryl methyl sites for hydroxylation is 1. The van der Waals surface area contributed by atoms with Crippen LogP contribution >= 0.6 is 0 Å². The lowest BCUT2D eigenvalue weighted by atomic mass is 10.4. The normalized spacial score (nSPS) is 15.3. The topological polar surface area (TPSA) is 81.0 Å². The van der Waals surface area contributed by atoms with Gasteiger partial charge in [0.1, 0.15) is 4.90 Å². The fourth-order valence-electron chi connectivity index (χ4n) is 2.33. The first-order valence-corrected chi connectivity index (χ1v) is 8.36. The highest BCUT2D eigenvalue weighted by molar-refractivity contribution is 7.92. The van der Waals surface area contributed by atoms with Gasteiger partial charge in [-0.3, -0.25) is 9.40 Å². The molecule has 21 heavy (non-hydrogen) atoms. The predicted molar refractivity (Wildman–Crippen MR) is 79.5 cm³/mol. The Hall–Kier alpha value is -1.80. The predicted octanol–water partition coefficient (Wildman–Crippen LogP) is 1.08. The van der Waals surface area contributed by atoms with Gasteiger partial charge < -0.3 is 9.88 Å². The molecular weight excluding hydrogens is 290 g/mol. The van der Waals surface area contributed by atoms with Crippen LogP contribution in [0.3, 0.4) is 0 Å². The number of sulfonamides is 1. The van der Waals surface area contributed by atoms with Crippen LogP contribution in [0.15, 0.2) is 29.4 Å². The maximum absolute atomic E-state index is 12.4. The quantitative estimate of drug-likeness (QED) is 0.836. The third-order valence-electron chi connectivity index (χ3n) is 3.47. The summed E-state index contributed by atoms with van der Waals surface area (Å²) in [6.07, 6.45) is 5.63. The fourth-order valence-corrected chi connectivity index (χ4v) is 3.37. The van der Waals surface area contributed by atoms with Crippen molar-refractivity contribution in [2.24, 2.45) is 7.05 Å². The van der Waals surface area contributed by atoms with Crippen LogP contribution in [0.2, 0.25) is 0 Å². The van der Waals surface area contributed by atoms with Crippen molar-refractivity contribution in [2.45, 2.75) is 30.3 Å². The van der Waals surface area contributed by atoms with Crippen LogP contribution in [0.4, 0.5) is 5.82 Å². The van der Waals surface area contributed by atoms with Crippen molar-refractivity contribution in [1.82, 2.24) is 19.7 Å². The summed E-state index contributed by atoms with van der Waals surface area (Å²) in [5.74, 6) is 0.326. The minimum Gasteiger partial charge on any atom is -0.346 e. The van der Waals surface area contributed by atoms with Gasteiger partial charge >= 0.3 is 0 Å². The maximum atomic E-state index is 12.4. The lowest BCUT2D eigenvalue weighted by Gasteiger charge is -2.05. The van der Waals surface area contributed by atoms with E-state index < -0.39 is 10.0 Å². The number of anilines is 1. The summed E-state index contributed by atoms with van der Waals surface area (Å²) in [5.41, 5.74) is 0.987. The Kier molecular flexibility index (Phi) is 3.50. The zero-order valence-electron chi connectivity index (χ0n) is 12.1. The van der Waals surface area contributed by atoms with Gasteiger partial charge in [0.2, 0.25) is 0 Å². The minimum atomic E-state index is -3.60. The molecule has 0 aromatic carbocycles. The highest BCUT2D eigenvalue weighted by Crippen LogP contribution is 2.37. The fraction of sp³-hybridized carbons (Fsp3) is 0.462. The Morgan fingerprint density at radius 2 is 2.19 bits per heavy atom. The number of hydrogen-bond acceptors (Lipinski definition) is 4. The van der Waals surface area contributed by atoms with Crippen LogP contribution < -0.4 is 10.0 Å². The number of aromatic nitrogens is 3. The molecule has 1 saturated carbocycles. The number of nitrogens with one attached hydrogen (secondary N) is 2. The molecule has 0 amide bonds. The highest BCUT2D eigenvalue weighted by Gasteiger charge is 2.28. The Labute approximate surface area is 124 Å². The second-order valence-electron chi connectivity index (χ2n) is 5.32. The molecule has 0 unspecified atom stereocenters. The molecule has 0 saturated heterocycles. The molecule has 8 heteroatoms. The molecule has 1 aliphatic carbocycles. The largest absolute Gasteiger partial charge is 0.346 e. The van der Waals surface area contributed by atoms with Crippen LogP contribution in [0.25, 0.3) is 0 Å². The van der Waals surface area contributed by atoms with Crippen LogP contribution in [-0.2, 0) is 23.6 Å². The van der Waals surface area contributed by atoms with E-state index in [0.29, 0.717) is 18.4 Å². The Morgan fingerprint density at radius 1 is 1.43 bits per heavy atom. The summed E-state index contributed by atoms with van der Waals surface area (Å²) in [7, 11) is -0.00598. The van der Waals surface area contributed by atoms with Crippen LogP contribution in [0, 0.1) is 0 Å². The Bertz CT molecular complexity index is 742. The van der Waals surface area contributed by atoms with E-state index in [1.807, 2.05) is 7.05 Å². The summed E-state index contributed by atoms with van der Waals surface area (Å²) in [6.45, 7) is 0.648. The average molecular weight is 309 g/mol. The first-order chi connectivity index (χ1) is 9.99. The van der Waals surface area contributed by atoms with Crippen molar-refractivity contribution in [1.29, 1.82) is 0 Å². The van der Waals surface area contributed by atoms with Gasteiger partial charge in [0, 0.05) is 43.8 Å². The van der Waals surface area contributed by atoms with Crippen LogP contribution in [0.5, 0.6) is 0 Å². The van der Waals surface area contributed by atoms with Gasteiger partial charge in [-0.05, 0) is 26.0 Å². The van der Waals surface area contributed by atoms with E-state index in [-0.39, 0.29) is 4.90 Å². The van der Waals surface area contributed by atoms with E-state index in [0.717, 1.165) is 18.5 Å². The van der Waals surface area contributed by atoms with Gasteiger partial charge in [-0.25, -0.2) is 8.42 Å². The SMILES string of the molecule is CNCc1cc(S(=O)(=O)Nc2ccn(C)n2)cn1C1CC1. The van der Waals surface area contributed by atoms with Crippen LogP contribution in [-0.4, -0.2) is 29.8 Å². The summed E-state index contributed by atoms with van der Waals surface area (Å²) < 4.78 is 31.0. The zero-order valence-corrected chi connectivity index (χ0v) is 12.9. The molecule has 7 nitrogen and oxygen atoms in total. The van der Waals surface area contributed by atoms with E-state index in [1.165, 1.54) is 0 Å². The Morgan fingerprint density at radius 3 is 2.76 bits per heavy atom. The highest BCUT2D eigenvalue weighted by atomic mass is 32.2. The third kappa shape index (κ3) is 2.96. The lowest BCUT2D eigenvalue weighted by molar-refractivity contribution is 0.600. The summed E-state index contributed by atoms with van der Waals surface area (Å²) in [4.78, 5) is 0.283. The van der Waals surface area contributed by atoms with E-state index in [1.54, 1.807) is 36.3 Å². The monoisotopic (exact) mass is 309 g/mol. The van der Waals surface area contributed by atoms with Crippen molar-refractivity contribution in [3.63, 3.8) is 0 Å². The molecule has 0 spiro atoms. The molecule has 114 valence electrons. The maximum Gasteiger partial charge on any atom is 0.264 e. The average Bonchev–Trinajstić information content (AvgIpc) is 3.05. The molecule has 2 aromatic heterocycles. The molecule has 0 aliphatic heterocycles. The van der Waals surface area contributed by atoms with E-state index in [4.69, 9.17) is 0 Å². The molecule has 0 radical (unpaired) electrons. The smallest absolute Gasteiger partial charge is 0.264 e. The standard InChI is InChI=1S/C13H19N5O2S/c1-14-8-11-7-12(9-18(11)10-3-4-10)21(19,20)16-13-5-6-17(2)15-13/h5-7,9-10,14H,3-4,8H2,1-2H3,(H,15,16). The molecule has 3 rings (SSSR count). The van der Waals surface area contributed by atoms with Gasteiger partial charge in [-0.2, -0.15) is 5.10 Å². The number of hydrogen-bond donors (Lipinski definition) is 2. The second-order valence-corrected chi connectivity index (χ2v) is 7.00. The molecule has 2 heterocycles. The van der Waals surface area contributed by atoms with E-state index in [2.05, 4.69) is 19.7 Å². The van der Waals surface area contributed by atoms with Crippen molar-refractivity contribution in [3.05, 3.63) is 30.2 Å². The first-order valence-electron chi connectivity index (χ1n) is 6.87. The molecule has 1 fully saturated rings. The number of nitrogens with zero attached hydrogens (tertiary/aromatic N) is 3. The molecule has 0 bridgehead atoms. The van der Waals surface area contributed by atoms with Gasteiger partial charge in [-0.15, -0.1) is 0 Å². The Balaban J connectivity index is 1.89. The van der Waals surface area contributed by atoms with E-state index >= 15 is 0 Å². The molecule has 2 N–H and O–H groups in total. The molecule has 1 aliphatic rings. The molecule has 0 atom stereocenters. The van der Waals surface area contributed by atoms with Gasteiger partial charge in [0.25, 0.3) is 10.0 Å². The molecular formula is C13H19N5O2S. The van der Waals surface area contributed by atoms with Crippen molar-refractivity contribution < 1.29 is 8.42 Å². The van der Waals surface area contributed by atoms with Gasteiger partial charge in [-0.1, -0.05) is 0 Å². The first kappa shape index (κ1) is 14.2. The third-order valence-corrected chi connectivity index (χ3v) is 4.79. The van der Waals surface area contributed by atoms with Crippen molar-refractivity contribution >= 4 is 15.8 Å². The summed E-state index contributed by atoms with van der Waals surface area (Å²) >= 11 is 0. The van der Waals surface area contributed by atoms with E-state index in [9.17, 15) is 8.42 Å². The van der Waals surface area contributed by atoms with Crippen LogP contribution in [0.1, 0.15) is 24.6 Å². The second kappa shape index (κ2) is 5.19. The van der Waals surface area contributed by atoms with Crippen molar-refractivity contribution in [2.75, 3.05) is 11.8 Å². The lowest BCUT2D eigenvalue weighted by Crippen LogP contribution is -2.13. The van der Waals surface area contributed by atoms with Gasteiger partial charge in [0.05, 0.1) is 0 Å². The zero-order chi connectivity index (χ0) is 15.0. The van der Waals surface area contributed by atoms with Crippen molar-refractivity contribution in [3.8, 4) is 0 Å². The minimum absolute atomic E-state index is 0.283.